The summed E-state index contributed by atoms with van der Waals surface area (Å²) in [5.74, 6) is -0.0583. The number of nitrogen functional groups attached to an aromatic ring is 1. The Labute approximate surface area is 112 Å². The van der Waals surface area contributed by atoms with E-state index in [9.17, 15) is 4.79 Å². The molecule has 6 heteroatoms. The van der Waals surface area contributed by atoms with Crippen molar-refractivity contribution in [2.75, 3.05) is 18.2 Å². The number of pyridine rings is 1. The molecule has 1 heterocycles. The van der Waals surface area contributed by atoms with Gasteiger partial charge in [0.1, 0.15) is 5.82 Å². The van der Waals surface area contributed by atoms with Gasteiger partial charge in [-0.05, 0) is 12.5 Å². The first-order chi connectivity index (χ1) is 8.86. The minimum atomic E-state index is -0.539. The second-order valence-corrected chi connectivity index (χ2v) is 5.51. The summed E-state index contributed by atoms with van der Waals surface area (Å²) in [6, 6.07) is 1.73. The van der Waals surface area contributed by atoms with E-state index in [-0.39, 0.29) is 17.6 Å². The summed E-state index contributed by atoms with van der Waals surface area (Å²) in [6.07, 6.45) is 2.58. The van der Waals surface area contributed by atoms with Crippen LogP contribution < -0.4 is 16.8 Å². The number of ether oxygens (including phenoxy) is 1. The van der Waals surface area contributed by atoms with Crippen molar-refractivity contribution in [2.24, 2.45) is 11.1 Å². The predicted molar refractivity (Wildman–Crippen MR) is 73.8 cm³/mol. The fourth-order valence-corrected chi connectivity index (χ4v) is 2.48. The quantitative estimate of drug-likeness (QED) is 0.752. The van der Waals surface area contributed by atoms with Crippen molar-refractivity contribution >= 4 is 17.4 Å². The number of aromatic nitrogens is 1. The molecule has 104 valence electrons. The number of carbonyl (C=O) groups is 1. The smallest absolute Gasteiger partial charge is 0.252 e. The number of hydrogen-bond donors (Lipinski definition) is 3. The van der Waals surface area contributed by atoms with Crippen LogP contribution >= 0.6 is 0 Å². The third-order valence-corrected chi connectivity index (χ3v) is 3.95. The third kappa shape index (κ3) is 2.35. The van der Waals surface area contributed by atoms with Gasteiger partial charge in [0, 0.05) is 18.6 Å². The van der Waals surface area contributed by atoms with Gasteiger partial charge in [0.05, 0.1) is 23.6 Å². The second-order valence-electron chi connectivity index (χ2n) is 5.51. The molecule has 1 aliphatic rings. The first kappa shape index (κ1) is 13.6. The van der Waals surface area contributed by atoms with Crippen LogP contribution in [0.5, 0.6) is 0 Å². The topological polar surface area (TPSA) is 103 Å². The average molecular weight is 264 g/mol. The Hall–Kier alpha value is -1.82. The summed E-state index contributed by atoms with van der Waals surface area (Å²) in [7, 11) is 1.71. The van der Waals surface area contributed by atoms with Crippen molar-refractivity contribution in [3.05, 3.63) is 17.8 Å². The summed E-state index contributed by atoms with van der Waals surface area (Å²) in [6.45, 7) is 4.23. The van der Waals surface area contributed by atoms with Crippen LogP contribution in [0.15, 0.2) is 12.3 Å². The van der Waals surface area contributed by atoms with E-state index in [1.807, 2.05) is 0 Å². The predicted octanol–water partition coefficient (Wildman–Crippen LogP) is 0.988. The molecular weight excluding hydrogens is 244 g/mol. The summed E-state index contributed by atoms with van der Waals surface area (Å²) in [5.41, 5.74) is 11.7. The van der Waals surface area contributed by atoms with Crippen molar-refractivity contribution < 1.29 is 9.53 Å². The minimum Gasteiger partial charge on any atom is -0.397 e. The van der Waals surface area contributed by atoms with E-state index in [4.69, 9.17) is 16.2 Å². The molecule has 0 bridgehead atoms. The number of rotatable bonds is 4. The lowest BCUT2D eigenvalue weighted by molar-refractivity contribution is -0.0795. The Morgan fingerprint density at radius 1 is 1.58 bits per heavy atom. The van der Waals surface area contributed by atoms with Gasteiger partial charge in [0.2, 0.25) is 0 Å². The van der Waals surface area contributed by atoms with Crippen molar-refractivity contribution in [1.29, 1.82) is 0 Å². The lowest BCUT2D eigenvalue weighted by Crippen LogP contribution is -2.57. The molecule has 2 rings (SSSR count). The molecule has 1 amide bonds. The molecule has 0 spiro atoms. The van der Waals surface area contributed by atoms with Crippen LogP contribution in [0.4, 0.5) is 11.5 Å². The normalized spacial score (nSPS) is 24.6. The number of primary amides is 1. The fraction of sp³-hybridized carbons (Fsp3) is 0.538. The van der Waals surface area contributed by atoms with Crippen molar-refractivity contribution in [1.82, 2.24) is 4.98 Å². The van der Waals surface area contributed by atoms with Crippen LogP contribution in [-0.4, -0.2) is 30.1 Å². The zero-order chi connectivity index (χ0) is 14.2. The zero-order valence-corrected chi connectivity index (χ0v) is 11.4. The molecule has 2 atom stereocenters. The molecule has 19 heavy (non-hydrogen) atoms. The molecular formula is C13H20N4O2. The minimum absolute atomic E-state index is 0.0211. The van der Waals surface area contributed by atoms with E-state index in [1.165, 1.54) is 12.3 Å². The Kier molecular flexibility index (Phi) is 3.36. The molecule has 1 fully saturated rings. The second kappa shape index (κ2) is 4.70. The van der Waals surface area contributed by atoms with Crippen LogP contribution in [0.2, 0.25) is 0 Å². The van der Waals surface area contributed by atoms with Crippen LogP contribution in [0, 0.1) is 5.41 Å². The van der Waals surface area contributed by atoms with Crippen molar-refractivity contribution in [3.63, 3.8) is 0 Å². The Morgan fingerprint density at radius 2 is 2.26 bits per heavy atom. The van der Waals surface area contributed by atoms with Crippen LogP contribution in [0.3, 0.4) is 0 Å². The third-order valence-electron chi connectivity index (χ3n) is 3.95. The van der Waals surface area contributed by atoms with Gasteiger partial charge in [0.15, 0.2) is 0 Å². The molecule has 0 aromatic carbocycles. The number of nitrogens with one attached hydrogen (secondary N) is 1. The maximum absolute atomic E-state index is 11.4. The molecule has 2 unspecified atom stereocenters. The number of anilines is 2. The zero-order valence-electron chi connectivity index (χ0n) is 11.4. The number of nitrogens with zero attached hydrogens (tertiary/aromatic N) is 1. The van der Waals surface area contributed by atoms with Gasteiger partial charge in [-0.15, -0.1) is 0 Å². The number of methoxy groups -OCH3 is 1. The summed E-state index contributed by atoms with van der Waals surface area (Å²) in [5, 5.41) is 3.26. The van der Waals surface area contributed by atoms with Gasteiger partial charge in [-0.2, -0.15) is 0 Å². The first-order valence-electron chi connectivity index (χ1n) is 6.21. The highest BCUT2D eigenvalue weighted by molar-refractivity contribution is 5.98. The van der Waals surface area contributed by atoms with E-state index >= 15 is 0 Å². The van der Waals surface area contributed by atoms with E-state index in [0.29, 0.717) is 17.1 Å². The molecule has 6 nitrogen and oxygen atoms in total. The van der Waals surface area contributed by atoms with Gasteiger partial charge in [0.25, 0.3) is 5.91 Å². The molecule has 0 aliphatic heterocycles. The van der Waals surface area contributed by atoms with E-state index in [1.54, 1.807) is 7.11 Å². The van der Waals surface area contributed by atoms with Gasteiger partial charge in [-0.25, -0.2) is 4.98 Å². The monoisotopic (exact) mass is 264 g/mol. The molecule has 1 aliphatic carbocycles. The van der Waals surface area contributed by atoms with Gasteiger partial charge in [-0.3, -0.25) is 4.79 Å². The summed E-state index contributed by atoms with van der Waals surface area (Å²) < 4.78 is 5.39. The van der Waals surface area contributed by atoms with Crippen LogP contribution in [-0.2, 0) is 4.74 Å². The lowest BCUT2D eigenvalue weighted by atomic mass is 9.64. The maximum atomic E-state index is 11.4. The maximum Gasteiger partial charge on any atom is 0.252 e. The molecule has 1 saturated carbocycles. The first-order valence-corrected chi connectivity index (χ1v) is 6.21. The van der Waals surface area contributed by atoms with Crippen LogP contribution in [0.25, 0.3) is 0 Å². The lowest BCUT2D eigenvalue weighted by Gasteiger charge is -2.51. The van der Waals surface area contributed by atoms with E-state index in [2.05, 4.69) is 24.1 Å². The molecule has 1 aromatic rings. The Morgan fingerprint density at radius 3 is 2.79 bits per heavy atom. The highest BCUT2D eigenvalue weighted by Crippen LogP contribution is 2.44. The number of nitrogens with two attached hydrogens (primary N) is 2. The number of hydrogen-bond acceptors (Lipinski definition) is 5. The van der Waals surface area contributed by atoms with E-state index < -0.39 is 5.91 Å². The van der Waals surface area contributed by atoms with Crippen molar-refractivity contribution in [3.8, 4) is 0 Å². The molecule has 5 N–H and O–H groups in total. The van der Waals surface area contributed by atoms with Crippen molar-refractivity contribution in [2.45, 2.75) is 32.4 Å². The highest BCUT2D eigenvalue weighted by atomic mass is 16.5. The molecule has 0 radical (unpaired) electrons. The Bertz CT molecular complexity index is 501. The molecule has 1 aromatic heterocycles. The average Bonchev–Trinajstić information content (AvgIpc) is 2.35. The number of carbonyl (C=O) groups excluding carboxylic acids is 1. The standard InChI is InChI=1S/C13H20N4O2/c1-13(2)9(5-10(13)19-3)17-12-8(11(15)18)4-7(14)6-16-12/h4,6,9-10H,5,14H2,1-3H3,(H2,15,18)(H,16,17). The van der Waals surface area contributed by atoms with Gasteiger partial charge < -0.3 is 21.5 Å². The summed E-state index contributed by atoms with van der Waals surface area (Å²) >= 11 is 0. The fourth-order valence-electron chi connectivity index (χ4n) is 2.48. The van der Waals surface area contributed by atoms with Gasteiger partial charge in [-0.1, -0.05) is 13.8 Å². The number of amides is 1. The van der Waals surface area contributed by atoms with Gasteiger partial charge >= 0.3 is 0 Å². The van der Waals surface area contributed by atoms with Crippen LogP contribution in [0.1, 0.15) is 30.6 Å². The highest BCUT2D eigenvalue weighted by Gasteiger charge is 2.48. The largest absolute Gasteiger partial charge is 0.397 e. The SMILES string of the molecule is COC1CC(Nc2ncc(N)cc2C(N)=O)C1(C)C. The molecule has 0 saturated heterocycles. The Balaban J connectivity index is 2.19. The van der Waals surface area contributed by atoms with E-state index in [0.717, 1.165) is 6.42 Å². The summed E-state index contributed by atoms with van der Waals surface area (Å²) in [4.78, 5) is 15.6.